The molecule has 3 N–H and O–H groups in total. The van der Waals surface area contributed by atoms with Crippen LogP contribution >= 0.6 is 0 Å². The molecule has 0 radical (unpaired) electrons. The molecule has 0 spiro atoms. The smallest absolute Gasteiger partial charge is 0.344 e. The number of pyridine rings is 1. The van der Waals surface area contributed by atoms with Crippen LogP contribution in [0.25, 0.3) is 22.0 Å². The predicted molar refractivity (Wildman–Crippen MR) is 120 cm³/mol. The summed E-state index contributed by atoms with van der Waals surface area (Å²) >= 11 is 0. The van der Waals surface area contributed by atoms with Crippen molar-refractivity contribution in [2.45, 2.75) is 33.7 Å². The van der Waals surface area contributed by atoms with E-state index in [4.69, 9.17) is 20.7 Å². The SMILES string of the molecule is Cc1ccc(-c2c(CN)c(CC(C)C)nc3ccc(/C=N/OCC(=O)O)cc23)cc1. The number of aryl methyl sites for hydroxylation is 1. The van der Waals surface area contributed by atoms with Gasteiger partial charge in [-0.15, -0.1) is 0 Å². The number of nitrogens with two attached hydrogens (primary N) is 1. The molecule has 0 atom stereocenters. The first-order chi connectivity index (χ1) is 14.4. The molecular formula is C24H27N3O3. The van der Waals surface area contributed by atoms with Crippen LogP contribution in [-0.4, -0.2) is 28.9 Å². The van der Waals surface area contributed by atoms with Gasteiger partial charge in [0.2, 0.25) is 6.61 Å². The van der Waals surface area contributed by atoms with Crippen molar-refractivity contribution >= 4 is 23.1 Å². The maximum Gasteiger partial charge on any atom is 0.344 e. The van der Waals surface area contributed by atoms with E-state index in [9.17, 15) is 4.79 Å². The fourth-order valence-corrected chi connectivity index (χ4v) is 3.47. The summed E-state index contributed by atoms with van der Waals surface area (Å²) < 4.78 is 0. The van der Waals surface area contributed by atoms with Crippen LogP contribution in [0.5, 0.6) is 0 Å². The molecule has 1 aromatic heterocycles. The summed E-state index contributed by atoms with van der Waals surface area (Å²) in [6.07, 6.45) is 2.36. The number of benzene rings is 2. The van der Waals surface area contributed by atoms with Gasteiger partial charge in [-0.2, -0.15) is 0 Å². The lowest BCUT2D eigenvalue weighted by atomic mass is 9.90. The molecule has 6 nitrogen and oxygen atoms in total. The van der Waals surface area contributed by atoms with Crippen LogP contribution in [0.3, 0.4) is 0 Å². The standard InChI is InChI=1S/C24H27N3O3/c1-15(2)10-22-20(12-25)24(18-7-4-16(3)5-8-18)19-11-17(6-9-21(19)27-22)13-26-30-14-23(28)29/h4-9,11,13,15H,10,12,14,25H2,1-3H3,(H,28,29)/b26-13+. The monoisotopic (exact) mass is 405 g/mol. The Labute approximate surface area is 176 Å². The van der Waals surface area contributed by atoms with Gasteiger partial charge in [-0.25, -0.2) is 4.79 Å². The molecule has 0 amide bonds. The molecule has 0 bridgehead atoms. The number of nitrogens with zero attached hydrogens (tertiary/aromatic N) is 2. The van der Waals surface area contributed by atoms with Crippen molar-refractivity contribution in [1.82, 2.24) is 4.98 Å². The molecular weight excluding hydrogens is 378 g/mol. The van der Waals surface area contributed by atoms with Gasteiger partial charge in [0.25, 0.3) is 0 Å². The summed E-state index contributed by atoms with van der Waals surface area (Å²) in [5.41, 5.74) is 13.3. The van der Waals surface area contributed by atoms with Crippen molar-refractivity contribution in [2.75, 3.05) is 6.61 Å². The molecule has 0 saturated carbocycles. The van der Waals surface area contributed by atoms with E-state index in [0.717, 1.165) is 45.3 Å². The van der Waals surface area contributed by atoms with Gasteiger partial charge in [0.05, 0.1) is 11.7 Å². The van der Waals surface area contributed by atoms with Crippen LogP contribution in [0.15, 0.2) is 47.6 Å². The van der Waals surface area contributed by atoms with Crippen LogP contribution < -0.4 is 5.73 Å². The highest BCUT2D eigenvalue weighted by Crippen LogP contribution is 2.34. The minimum atomic E-state index is -1.07. The van der Waals surface area contributed by atoms with Gasteiger partial charge in [0.15, 0.2) is 0 Å². The third-order valence-corrected chi connectivity index (χ3v) is 4.81. The van der Waals surface area contributed by atoms with E-state index in [-0.39, 0.29) is 0 Å². The predicted octanol–water partition coefficient (Wildman–Crippen LogP) is 4.30. The van der Waals surface area contributed by atoms with Crippen molar-refractivity contribution in [1.29, 1.82) is 0 Å². The first-order valence-corrected chi connectivity index (χ1v) is 9.98. The van der Waals surface area contributed by atoms with Crippen molar-refractivity contribution in [3.05, 3.63) is 64.8 Å². The van der Waals surface area contributed by atoms with Gasteiger partial charge in [0.1, 0.15) is 0 Å². The molecule has 0 aliphatic rings. The molecule has 0 aliphatic carbocycles. The van der Waals surface area contributed by atoms with E-state index in [1.807, 2.05) is 18.2 Å². The Bertz CT molecular complexity index is 1070. The summed E-state index contributed by atoms with van der Waals surface area (Å²) in [6.45, 7) is 6.33. The van der Waals surface area contributed by atoms with Gasteiger partial charge in [-0.05, 0) is 53.6 Å². The summed E-state index contributed by atoms with van der Waals surface area (Å²) in [7, 11) is 0. The lowest BCUT2D eigenvalue weighted by molar-refractivity contribution is -0.142. The van der Waals surface area contributed by atoms with Gasteiger partial charge in [-0.3, -0.25) is 4.98 Å². The number of carbonyl (C=O) groups is 1. The van der Waals surface area contributed by atoms with Crippen LogP contribution in [-0.2, 0) is 22.6 Å². The Balaban J connectivity index is 2.18. The molecule has 1 heterocycles. The number of aromatic nitrogens is 1. The molecule has 0 fully saturated rings. The molecule has 0 saturated heterocycles. The maximum absolute atomic E-state index is 10.6. The molecule has 30 heavy (non-hydrogen) atoms. The first-order valence-electron chi connectivity index (χ1n) is 9.98. The van der Waals surface area contributed by atoms with Crippen LogP contribution in [0.4, 0.5) is 0 Å². The Morgan fingerprint density at radius 2 is 1.97 bits per heavy atom. The van der Waals surface area contributed by atoms with Crippen LogP contribution in [0, 0.1) is 12.8 Å². The van der Waals surface area contributed by atoms with E-state index in [1.54, 1.807) is 0 Å². The third-order valence-electron chi connectivity index (χ3n) is 4.81. The zero-order chi connectivity index (χ0) is 21.7. The fraction of sp³-hybridized carbons (Fsp3) is 0.292. The lowest BCUT2D eigenvalue weighted by Gasteiger charge is -2.18. The number of carboxylic acids is 1. The topological polar surface area (TPSA) is 97.8 Å². The number of fused-ring (bicyclic) bond motifs is 1. The average molecular weight is 405 g/mol. The summed E-state index contributed by atoms with van der Waals surface area (Å²) in [5, 5.41) is 13.4. The number of carboxylic acid groups (broad SMARTS) is 1. The highest BCUT2D eigenvalue weighted by Gasteiger charge is 2.17. The third kappa shape index (κ3) is 5.02. The lowest BCUT2D eigenvalue weighted by Crippen LogP contribution is -2.10. The second kappa shape index (κ2) is 9.50. The van der Waals surface area contributed by atoms with Gasteiger partial charge in [-0.1, -0.05) is 54.9 Å². The van der Waals surface area contributed by atoms with Gasteiger partial charge in [0, 0.05) is 17.6 Å². The van der Waals surface area contributed by atoms with Crippen molar-refractivity contribution in [2.24, 2.45) is 16.8 Å². The van der Waals surface area contributed by atoms with Crippen LogP contribution in [0.2, 0.25) is 0 Å². The Hall–Kier alpha value is -3.25. The minimum Gasteiger partial charge on any atom is -0.479 e. The van der Waals surface area contributed by atoms with E-state index in [0.29, 0.717) is 12.5 Å². The van der Waals surface area contributed by atoms with Crippen molar-refractivity contribution < 1.29 is 14.7 Å². The second-order valence-electron chi connectivity index (χ2n) is 7.76. The molecule has 0 unspecified atom stereocenters. The number of oxime groups is 1. The van der Waals surface area contributed by atoms with Gasteiger partial charge < -0.3 is 15.7 Å². The van der Waals surface area contributed by atoms with Crippen molar-refractivity contribution in [3.63, 3.8) is 0 Å². The highest BCUT2D eigenvalue weighted by atomic mass is 16.6. The minimum absolute atomic E-state index is 0.397. The Morgan fingerprint density at radius 1 is 1.23 bits per heavy atom. The summed E-state index contributed by atoms with van der Waals surface area (Å²) in [6, 6.07) is 14.2. The Kier molecular flexibility index (Phi) is 6.79. The quantitative estimate of drug-likeness (QED) is 0.430. The number of aliphatic carboxylic acids is 1. The molecule has 3 rings (SSSR count). The molecule has 3 aromatic rings. The maximum atomic E-state index is 10.6. The van der Waals surface area contributed by atoms with E-state index >= 15 is 0 Å². The van der Waals surface area contributed by atoms with Crippen molar-refractivity contribution in [3.8, 4) is 11.1 Å². The second-order valence-corrected chi connectivity index (χ2v) is 7.76. The molecule has 0 aliphatic heterocycles. The van der Waals surface area contributed by atoms with E-state index in [2.05, 4.69) is 50.2 Å². The zero-order valence-electron chi connectivity index (χ0n) is 17.6. The fourth-order valence-electron chi connectivity index (χ4n) is 3.47. The molecule has 156 valence electrons. The largest absolute Gasteiger partial charge is 0.479 e. The Morgan fingerprint density at radius 3 is 2.60 bits per heavy atom. The normalized spacial score (nSPS) is 11.5. The number of hydrogen-bond donors (Lipinski definition) is 2. The molecule has 2 aromatic carbocycles. The first kappa shape index (κ1) is 21.5. The zero-order valence-corrected chi connectivity index (χ0v) is 17.6. The van der Waals surface area contributed by atoms with E-state index in [1.165, 1.54) is 11.8 Å². The summed E-state index contributed by atoms with van der Waals surface area (Å²) in [5.74, 6) is -0.606. The number of rotatable bonds is 8. The number of hydrogen-bond acceptors (Lipinski definition) is 5. The van der Waals surface area contributed by atoms with E-state index < -0.39 is 12.6 Å². The summed E-state index contributed by atoms with van der Waals surface area (Å²) in [4.78, 5) is 20.3. The average Bonchev–Trinajstić information content (AvgIpc) is 2.70. The van der Waals surface area contributed by atoms with Gasteiger partial charge >= 0.3 is 5.97 Å². The molecule has 6 heteroatoms. The highest BCUT2D eigenvalue weighted by molar-refractivity contribution is 5.99. The van der Waals surface area contributed by atoms with Crippen LogP contribution in [0.1, 0.15) is 36.2 Å².